The van der Waals surface area contributed by atoms with Gasteiger partial charge < -0.3 is 0 Å². The maximum absolute atomic E-state index is 2.40. The number of hydrogen-bond donors (Lipinski definition) is 0. The number of hydrogen-bond acceptors (Lipinski definition) is 4. The molecule has 0 aromatic carbocycles. The molecule has 1 aliphatic heterocycles. The Labute approximate surface area is 219 Å². The molecule has 0 saturated heterocycles. The molecule has 5 aromatic rings. The fourth-order valence-electron chi connectivity index (χ4n) is 3.56. The molecule has 6 heterocycles. The fourth-order valence-corrected chi connectivity index (χ4v) is 10.7. The van der Waals surface area contributed by atoms with Crippen molar-refractivity contribution in [1.29, 1.82) is 0 Å². The van der Waals surface area contributed by atoms with Crippen molar-refractivity contribution in [2.75, 3.05) is 0 Å². The number of rotatable bonds is 5. The van der Waals surface area contributed by atoms with E-state index in [9.17, 15) is 0 Å². The third-order valence-electron chi connectivity index (χ3n) is 5.02. The van der Waals surface area contributed by atoms with Gasteiger partial charge in [0.25, 0.3) is 0 Å². The van der Waals surface area contributed by atoms with Crippen LogP contribution in [0.1, 0.15) is 15.3 Å². The van der Waals surface area contributed by atoms with Gasteiger partial charge in [0.1, 0.15) is 0 Å². The maximum atomic E-state index is 2.40. The molecule has 0 N–H and O–H groups in total. The zero-order chi connectivity index (χ0) is 22.0. The van der Waals surface area contributed by atoms with E-state index in [-0.39, 0.29) is 0 Å². The fraction of sp³-hybridized carbons (Fsp3) is 0. The Hall–Kier alpha value is -1.89. The van der Waals surface area contributed by atoms with Crippen molar-refractivity contribution in [2.24, 2.45) is 0 Å². The van der Waals surface area contributed by atoms with Gasteiger partial charge in [-0.25, -0.2) is 0 Å². The van der Waals surface area contributed by atoms with Crippen molar-refractivity contribution in [2.45, 2.75) is 0 Å². The Morgan fingerprint density at radius 3 is 1.48 bits per heavy atom. The van der Waals surface area contributed by atoms with E-state index in [1.165, 1.54) is 49.3 Å². The summed E-state index contributed by atoms with van der Waals surface area (Å²) in [6.45, 7) is 0. The summed E-state index contributed by atoms with van der Waals surface area (Å²) in [5, 5.41) is 8.68. The van der Waals surface area contributed by atoms with Crippen molar-refractivity contribution < 1.29 is 0 Å². The van der Waals surface area contributed by atoms with Gasteiger partial charge in [0.2, 0.25) is 0 Å². The normalized spacial score (nSPS) is 13.6. The standard InChI is InChI=1S/C27H17S5Se/c1-5-20(28-9-1)24-14-18(15-25(32-24)21-6-2-10-29-21)13-19-16-26(22-7-3-11-30-22)33-27(17-19)23-8-4-12-31-23/h1-17H/q+1. The third kappa shape index (κ3) is 4.84. The topological polar surface area (TPSA) is 0 Å². The van der Waals surface area contributed by atoms with Gasteiger partial charge in [0, 0.05) is 0 Å². The van der Waals surface area contributed by atoms with E-state index < -0.39 is 0 Å². The summed E-state index contributed by atoms with van der Waals surface area (Å²) in [6, 6.07) is 22.2. The van der Waals surface area contributed by atoms with Crippen LogP contribution in [0.3, 0.4) is 0 Å². The molecule has 0 fully saturated rings. The Balaban J connectivity index is 1.48. The predicted molar refractivity (Wildman–Crippen MR) is 154 cm³/mol. The van der Waals surface area contributed by atoms with E-state index in [2.05, 4.69) is 100 Å². The van der Waals surface area contributed by atoms with E-state index in [0.29, 0.717) is 15.0 Å². The van der Waals surface area contributed by atoms with Crippen molar-refractivity contribution in [3.63, 3.8) is 0 Å². The van der Waals surface area contributed by atoms with Gasteiger partial charge in [0.15, 0.2) is 0 Å². The first-order valence-electron chi connectivity index (χ1n) is 10.3. The van der Waals surface area contributed by atoms with E-state index in [4.69, 9.17) is 0 Å². The molecule has 160 valence electrons. The summed E-state index contributed by atoms with van der Waals surface area (Å²) in [5.74, 6) is 0. The van der Waals surface area contributed by atoms with Crippen LogP contribution in [0.4, 0.5) is 0 Å². The second-order valence-corrected chi connectivity index (χ2v) is 14.4. The monoisotopic (exact) mass is 581 g/mol. The van der Waals surface area contributed by atoms with Crippen molar-refractivity contribution >= 4 is 86.7 Å². The second-order valence-electron chi connectivity index (χ2n) is 7.29. The van der Waals surface area contributed by atoms with Crippen LogP contribution in [0.5, 0.6) is 0 Å². The molecule has 0 unspecified atom stereocenters. The average Bonchev–Trinajstić information content (AvgIpc) is 3.68. The molecule has 0 spiro atoms. The van der Waals surface area contributed by atoms with Crippen LogP contribution < -0.4 is 0 Å². The van der Waals surface area contributed by atoms with E-state index in [1.54, 1.807) is 0 Å². The second kappa shape index (κ2) is 9.77. The third-order valence-corrected chi connectivity index (χ3v) is 12.9. The van der Waals surface area contributed by atoms with E-state index >= 15 is 0 Å². The summed E-state index contributed by atoms with van der Waals surface area (Å²) in [7, 11) is 0. The van der Waals surface area contributed by atoms with Crippen LogP contribution >= 0.6 is 56.7 Å². The molecule has 0 nitrogen and oxygen atoms in total. The summed E-state index contributed by atoms with van der Waals surface area (Å²) in [4.78, 5) is 8.08. The Morgan fingerprint density at radius 1 is 0.606 bits per heavy atom. The van der Waals surface area contributed by atoms with Gasteiger partial charge in [-0.1, -0.05) is 0 Å². The van der Waals surface area contributed by atoms with Crippen LogP contribution in [0.25, 0.3) is 34.5 Å². The first-order chi connectivity index (χ1) is 16.3. The summed E-state index contributed by atoms with van der Waals surface area (Å²) >= 11 is 9.49. The molecule has 0 amide bonds. The molecule has 0 radical (unpaired) electrons. The molecule has 0 bridgehead atoms. The number of allylic oxidation sites excluding steroid dienone is 3. The number of thiophene rings is 4. The molecular weight excluding hydrogens is 564 g/mol. The minimum atomic E-state index is 0.316. The average molecular weight is 581 g/mol. The molecule has 0 atom stereocenters. The summed E-state index contributed by atoms with van der Waals surface area (Å²) < 4.78 is 2.93. The Morgan fingerprint density at radius 2 is 1.06 bits per heavy atom. The summed E-state index contributed by atoms with van der Waals surface area (Å²) in [6.07, 6.45) is 7.15. The quantitative estimate of drug-likeness (QED) is 0.143. The van der Waals surface area contributed by atoms with E-state index in [1.807, 2.05) is 56.7 Å². The van der Waals surface area contributed by atoms with Crippen molar-refractivity contribution in [3.8, 4) is 19.5 Å². The zero-order valence-corrected chi connectivity index (χ0v) is 23.1. The Kier molecular flexibility index (Phi) is 6.40. The molecule has 6 rings (SSSR count). The van der Waals surface area contributed by atoms with Gasteiger partial charge in [-0.3, -0.25) is 0 Å². The van der Waals surface area contributed by atoms with Crippen molar-refractivity contribution in [1.82, 2.24) is 0 Å². The molecule has 0 aliphatic carbocycles. The SMILES string of the molecule is C(=C1C=C(c2cccs2)[Se]C(c2cccs2)=C1)c1cc(-c2cccs2)[s+]c(-c2cccs2)c1. The molecule has 1 aliphatic rings. The predicted octanol–water partition coefficient (Wildman–Crippen LogP) is 9.79. The van der Waals surface area contributed by atoms with E-state index in [0.717, 1.165) is 0 Å². The van der Waals surface area contributed by atoms with Crippen LogP contribution in [0.2, 0.25) is 0 Å². The van der Waals surface area contributed by atoms with Gasteiger partial charge >= 0.3 is 221 Å². The zero-order valence-electron chi connectivity index (χ0n) is 17.3. The molecular formula is C27H17S5Se+. The molecule has 5 aromatic heterocycles. The Bertz CT molecular complexity index is 1340. The van der Waals surface area contributed by atoms with Crippen molar-refractivity contribution in [3.05, 3.63) is 115 Å². The molecule has 0 saturated carbocycles. The molecule has 33 heavy (non-hydrogen) atoms. The first kappa shape index (κ1) is 21.6. The van der Waals surface area contributed by atoms with Crippen LogP contribution in [-0.4, -0.2) is 15.0 Å². The molecule has 6 heteroatoms. The van der Waals surface area contributed by atoms with Gasteiger partial charge in [-0.2, -0.15) is 0 Å². The van der Waals surface area contributed by atoms with Crippen LogP contribution in [-0.2, 0) is 0 Å². The van der Waals surface area contributed by atoms with Crippen LogP contribution in [0.15, 0.2) is 99.9 Å². The van der Waals surface area contributed by atoms with Gasteiger partial charge in [0.05, 0.1) is 0 Å². The summed E-state index contributed by atoms with van der Waals surface area (Å²) in [5.41, 5.74) is 2.54. The minimum absolute atomic E-state index is 0.316. The first-order valence-corrected chi connectivity index (χ1v) is 16.3. The van der Waals surface area contributed by atoms with Gasteiger partial charge in [-0.15, -0.1) is 0 Å². The van der Waals surface area contributed by atoms with Gasteiger partial charge in [-0.05, 0) is 0 Å². The van der Waals surface area contributed by atoms with Crippen LogP contribution in [0, 0.1) is 0 Å².